The summed E-state index contributed by atoms with van der Waals surface area (Å²) in [7, 11) is 0. The quantitative estimate of drug-likeness (QED) is 0.337. The fraction of sp³-hybridized carbons (Fsp3) is 0.0870. The smallest absolute Gasteiger partial charge is 0.211 e. The predicted octanol–water partition coefficient (Wildman–Crippen LogP) is 6.11. The van der Waals surface area contributed by atoms with Gasteiger partial charge in [0.25, 0.3) is 0 Å². The van der Waals surface area contributed by atoms with Gasteiger partial charge in [0.15, 0.2) is 0 Å². The van der Waals surface area contributed by atoms with Crippen molar-refractivity contribution in [1.82, 2.24) is 9.66 Å². The van der Waals surface area contributed by atoms with Crippen LogP contribution in [-0.4, -0.2) is 15.9 Å². The van der Waals surface area contributed by atoms with Crippen molar-refractivity contribution in [2.45, 2.75) is 13.8 Å². The van der Waals surface area contributed by atoms with Crippen molar-refractivity contribution in [3.05, 3.63) is 98.3 Å². The van der Waals surface area contributed by atoms with Crippen molar-refractivity contribution < 1.29 is 0 Å². The van der Waals surface area contributed by atoms with Crippen molar-refractivity contribution in [2.24, 2.45) is 10.1 Å². The van der Waals surface area contributed by atoms with Gasteiger partial charge >= 0.3 is 0 Å². The Morgan fingerprint density at radius 2 is 1.79 bits per heavy atom. The van der Waals surface area contributed by atoms with Gasteiger partial charge in [0.05, 0.1) is 23.3 Å². The molecule has 0 aliphatic heterocycles. The SMILES string of the molecule is Cc1cccc(C)c1N=c1scc(-c2cccc(Br)c2)n1N=Cc1ccccn1. The number of halogens is 1. The summed E-state index contributed by atoms with van der Waals surface area (Å²) in [5, 5.41) is 6.82. The van der Waals surface area contributed by atoms with Crippen LogP contribution in [0, 0.1) is 13.8 Å². The number of nitrogens with zero attached hydrogens (tertiary/aromatic N) is 4. The Morgan fingerprint density at radius 1 is 1.00 bits per heavy atom. The highest BCUT2D eigenvalue weighted by molar-refractivity contribution is 9.10. The molecular formula is C23H19BrN4S. The summed E-state index contributed by atoms with van der Waals surface area (Å²) in [6.07, 6.45) is 3.52. The maximum absolute atomic E-state index is 4.96. The topological polar surface area (TPSA) is 42.5 Å². The summed E-state index contributed by atoms with van der Waals surface area (Å²) in [4.78, 5) is 10.1. The van der Waals surface area contributed by atoms with Crippen molar-refractivity contribution in [2.75, 3.05) is 0 Å². The minimum atomic E-state index is 0.796. The lowest BCUT2D eigenvalue weighted by atomic mass is 10.1. The molecule has 0 fully saturated rings. The van der Waals surface area contributed by atoms with Crippen LogP contribution >= 0.6 is 27.3 Å². The van der Waals surface area contributed by atoms with Crippen molar-refractivity contribution >= 4 is 39.2 Å². The first-order chi connectivity index (χ1) is 14.1. The highest BCUT2D eigenvalue weighted by Crippen LogP contribution is 2.26. The third kappa shape index (κ3) is 4.44. The van der Waals surface area contributed by atoms with Crippen LogP contribution in [0.3, 0.4) is 0 Å². The Balaban J connectivity index is 1.90. The predicted molar refractivity (Wildman–Crippen MR) is 124 cm³/mol. The first kappa shape index (κ1) is 19.5. The maximum Gasteiger partial charge on any atom is 0.211 e. The van der Waals surface area contributed by atoms with Crippen LogP contribution in [0.1, 0.15) is 16.8 Å². The van der Waals surface area contributed by atoms with Gasteiger partial charge in [0, 0.05) is 21.6 Å². The molecule has 0 N–H and O–H groups in total. The van der Waals surface area contributed by atoms with Crippen LogP contribution in [0.2, 0.25) is 0 Å². The summed E-state index contributed by atoms with van der Waals surface area (Å²) in [6, 6.07) is 20.2. The molecule has 0 atom stereocenters. The second-order valence-electron chi connectivity index (χ2n) is 6.58. The van der Waals surface area contributed by atoms with E-state index in [-0.39, 0.29) is 0 Å². The molecular weight excluding hydrogens is 444 g/mol. The van der Waals surface area contributed by atoms with Crippen molar-refractivity contribution in [3.63, 3.8) is 0 Å². The lowest BCUT2D eigenvalue weighted by Gasteiger charge is -2.06. The summed E-state index contributed by atoms with van der Waals surface area (Å²) >= 11 is 5.13. The molecule has 4 aromatic rings. The van der Waals surface area contributed by atoms with E-state index in [1.165, 1.54) is 0 Å². The minimum absolute atomic E-state index is 0.796. The minimum Gasteiger partial charge on any atom is -0.255 e. The molecule has 0 aliphatic rings. The molecule has 4 nitrogen and oxygen atoms in total. The number of aromatic nitrogens is 2. The lowest BCUT2D eigenvalue weighted by molar-refractivity contribution is 0.852. The van der Waals surface area contributed by atoms with E-state index < -0.39 is 0 Å². The Bertz CT molecular complexity index is 1220. The monoisotopic (exact) mass is 462 g/mol. The first-order valence-electron chi connectivity index (χ1n) is 9.14. The summed E-state index contributed by atoms with van der Waals surface area (Å²) in [5.41, 5.74) is 6.11. The van der Waals surface area contributed by atoms with Gasteiger partial charge in [-0.3, -0.25) is 4.98 Å². The fourth-order valence-corrected chi connectivity index (χ4v) is 4.22. The van der Waals surface area contributed by atoms with Crippen LogP contribution < -0.4 is 4.80 Å². The molecule has 0 bridgehead atoms. The molecule has 0 spiro atoms. The molecule has 0 amide bonds. The molecule has 144 valence electrons. The third-order valence-corrected chi connectivity index (χ3v) is 5.76. The highest BCUT2D eigenvalue weighted by atomic mass is 79.9. The van der Waals surface area contributed by atoms with Gasteiger partial charge in [0.1, 0.15) is 0 Å². The number of aryl methyl sites for hydroxylation is 2. The van der Waals surface area contributed by atoms with E-state index in [4.69, 9.17) is 10.1 Å². The molecule has 0 saturated heterocycles. The average molecular weight is 463 g/mol. The van der Waals surface area contributed by atoms with E-state index >= 15 is 0 Å². The fourth-order valence-electron chi connectivity index (χ4n) is 2.98. The highest BCUT2D eigenvalue weighted by Gasteiger charge is 2.09. The molecule has 2 aromatic heterocycles. The van der Waals surface area contributed by atoms with Gasteiger partial charge in [-0.25, -0.2) is 9.67 Å². The Labute approximate surface area is 182 Å². The van der Waals surface area contributed by atoms with Crippen LogP contribution in [0.15, 0.2) is 86.8 Å². The number of hydrogen-bond acceptors (Lipinski definition) is 4. The van der Waals surface area contributed by atoms with Gasteiger partial charge < -0.3 is 0 Å². The van der Waals surface area contributed by atoms with Crippen molar-refractivity contribution in [1.29, 1.82) is 0 Å². The standard InChI is InChI=1S/C23H19BrN4S/c1-16-7-5-8-17(2)22(16)27-23-28(26-14-20-11-3-4-12-25-20)21(15-29-23)18-9-6-10-19(24)13-18/h3-15H,1-2H3. The van der Waals surface area contributed by atoms with Gasteiger partial charge in [-0.2, -0.15) is 5.10 Å². The second-order valence-corrected chi connectivity index (χ2v) is 8.33. The maximum atomic E-state index is 4.96. The van der Waals surface area contributed by atoms with Crippen LogP contribution in [0.25, 0.3) is 11.3 Å². The zero-order chi connectivity index (χ0) is 20.2. The van der Waals surface area contributed by atoms with E-state index in [1.807, 2.05) is 35.0 Å². The van der Waals surface area contributed by atoms with Gasteiger partial charge in [0.2, 0.25) is 4.80 Å². The molecule has 0 radical (unpaired) electrons. The largest absolute Gasteiger partial charge is 0.255 e. The number of hydrogen-bond donors (Lipinski definition) is 0. The molecule has 2 heterocycles. The molecule has 0 aliphatic carbocycles. The van der Waals surface area contributed by atoms with E-state index in [1.54, 1.807) is 23.7 Å². The van der Waals surface area contributed by atoms with Crippen LogP contribution in [0.5, 0.6) is 0 Å². The summed E-state index contributed by atoms with van der Waals surface area (Å²) in [6.45, 7) is 4.16. The number of para-hydroxylation sites is 1. The van der Waals surface area contributed by atoms with E-state index in [9.17, 15) is 0 Å². The Hall–Kier alpha value is -2.83. The third-order valence-electron chi connectivity index (χ3n) is 4.45. The zero-order valence-corrected chi connectivity index (χ0v) is 18.5. The normalized spacial score (nSPS) is 12.0. The van der Waals surface area contributed by atoms with Gasteiger partial charge in [-0.1, -0.05) is 52.3 Å². The summed E-state index contributed by atoms with van der Waals surface area (Å²) < 4.78 is 2.90. The first-order valence-corrected chi connectivity index (χ1v) is 10.8. The molecule has 4 rings (SSSR count). The van der Waals surface area contributed by atoms with E-state index in [0.29, 0.717) is 0 Å². The number of thiazole rings is 1. The number of benzene rings is 2. The molecule has 29 heavy (non-hydrogen) atoms. The lowest BCUT2D eigenvalue weighted by Crippen LogP contribution is -2.12. The van der Waals surface area contributed by atoms with E-state index in [0.717, 1.165) is 43.0 Å². The molecule has 0 unspecified atom stereocenters. The Kier molecular flexibility index (Phi) is 5.83. The van der Waals surface area contributed by atoms with Crippen LogP contribution in [0.4, 0.5) is 5.69 Å². The second kappa shape index (κ2) is 8.68. The molecule has 0 saturated carbocycles. The Morgan fingerprint density at radius 3 is 2.52 bits per heavy atom. The van der Waals surface area contributed by atoms with Gasteiger partial charge in [-0.05, 0) is 49.2 Å². The molecule has 6 heteroatoms. The van der Waals surface area contributed by atoms with Crippen molar-refractivity contribution in [3.8, 4) is 11.3 Å². The van der Waals surface area contributed by atoms with Crippen LogP contribution in [-0.2, 0) is 0 Å². The number of rotatable bonds is 4. The summed E-state index contributed by atoms with van der Waals surface area (Å²) in [5.74, 6) is 0. The zero-order valence-electron chi connectivity index (χ0n) is 16.1. The molecule has 2 aromatic carbocycles. The number of pyridine rings is 1. The van der Waals surface area contributed by atoms with Gasteiger partial charge in [-0.15, -0.1) is 11.3 Å². The van der Waals surface area contributed by atoms with E-state index in [2.05, 4.69) is 70.5 Å². The average Bonchev–Trinajstić information content (AvgIpc) is 3.12.